The van der Waals surface area contributed by atoms with Crippen molar-refractivity contribution < 1.29 is 9.53 Å². The van der Waals surface area contributed by atoms with E-state index in [0.717, 1.165) is 23.1 Å². The third-order valence-corrected chi connectivity index (χ3v) is 3.03. The fraction of sp³-hybridized carbons (Fsp3) is 0.167. The van der Waals surface area contributed by atoms with Gasteiger partial charge in [-0.2, -0.15) is 0 Å². The van der Waals surface area contributed by atoms with Crippen molar-refractivity contribution >= 4 is 11.5 Å². The Labute approximate surface area is 119 Å². The molecule has 0 amide bonds. The summed E-state index contributed by atoms with van der Waals surface area (Å²) >= 11 is 0. The van der Waals surface area contributed by atoms with Crippen LogP contribution < -0.4 is 0 Å². The fourth-order valence-electron chi connectivity index (χ4n) is 1.89. The smallest absolute Gasteiger partial charge is 0.338 e. The van der Waals surface area contributed by atoms with E-state index in [0.29, 0.717) is 12.2 Å². The number of carbonyl (C=O) groups is 1. The van der Waals surface area contributed by atoms with Gasteiger partial charge in [0.2, 0.25) is 0 Å². The molecule has 2 heteroatoms. The Bertz CT molecular complexity index is 583. The van der Waals surface area contributed by atoms with Gasteiger partial charge in [-0.15, -0.1) is 0 Å². The molecule has 0 saturated heterocycles. The van der Waals surface area contributed by atoms with Gasteiger partial charge >= 0.3 is 5.97 Å². The van der Waals surface area contributed by atoms with Crippen LogP contribution in [0.3, 0.4) is 0 Å². The molecule has 0 N–H and O–H groups in total. The van der Waals surface area contributed by atoms with E-state index in [1.54, 1.807) is 12.1 Å². The van der Waals surface area contributed by atoms with E-state index in [4.69, 9.17) is 4.74 Å². The quantitative estimate of drug-likeness (QED) is 0.753. The summed E-state index contributed by atoms with van der Waals surface area (Å²) in [5.74, 6) is -0.274. The Kier molecular flexibility index (Phi) is 4.72. The molecule has 0 aliphatic heterocycles. The predicted molar refractivity (Wildman–Crippen MR) is 81.6 cm³/mol. The molecule has 2 aromatic rings. The molecule has 0 radical (unpaired) electrons. The maximum atomic E-state index is 11.7. The van der Waals surface area contributed by atoms with Crippen LogP contribution in [0.1, 0.15) is 34.8 Å². The highest BCUT2D eigenvalue weighted by atomic mass is 16.5. The summed E-state index contributed by atoms with van der Waals surface area (Å²) in [6, 6.07) is 17.3. The van der Waals surface area contributed by atoms with Gasteiger partial charge in [0.15, 0.2) is 0 Å². The van der Waals surface area contributed by atoms with E-state index in [2.05, 4.69) is 6.58 Å². The van der Waals surface area contributed by atoms with Crippen molar-refractivity contribution in [1.82, 2.24) is 0 Å². The predicted octanol–water partition coefficient (Wildman–Crippen LogP) is 4.31. The van der Waals surface area contributed by atoms with Crippen LogP contribution in [-0.2, 0) is 4.74 Å². The van der Waals surface area contributed by atoms with E-state index in [1.165, 1.54) is 0 Å². The zero-order chi connectivity index (χ0) is 14.4. The normalized spacial score (nSPS) is 10.1. The van der Waals surface area contributed by atoms with Crippen LogP contribution in [0.25, 0.3) is 5.57 Å². The van der Waals surface area contributed by atoms with Crippen LogP contribution in [0.2, 0.25) is 0 Å². The molecule has 0 aliphatic carbocycles. The van der Waals surface area contributed by atoms with E-state index < -0.39 is 0 Å². The minimum Gasteiger partial charge on any atom is -0.462 e. The summed E-state index contributed by atoms with van der Waals surface area (Å²) in [6.07, 6.45) is 0.828. The first kappa shape index (κ1) is 14.1. The molecule has 102 valence electrons. The van der Waals surface area contributed by atoms with Gasteiger partial charge in [-0.25, -0.2) is 4.79 Å². The molecule has 0 saturated carbocycles. The molecule has 0 heterocycles. The molecule has 0 aromatic heterocycles. The monoisotopic (exact) mass is 266 g/mol. The maximum Gasteiger partial charge on any atom is 0.338 e. The Balaban J connectivity index is 2.12. The Hall–Kier alpha value is -2.35. The van der Waals surface area contributed by atoms with Gasteiger partial charge in [0.1, 0.15) is 0 Å². The number of benzene rings is 2. The zero-order valence-electron chi connectivity index (χ0n) is 11.6. The van der Waals surface area contributed by atoms with Gasteiger partial charge in [0.25, 0.3) is 0 Å². The molecule has 0 fully saturated rings. The average molecular weight is 266 g/mol. The standard InChI is InChI=1S/C18H18O2/c1-3-13-20-18(19)17-11-9-16(10-12-17)14(2)15-7-5-4-6-8-15/h4-12H,2-3,13H2,1H3. The third-order valence-electron chi connectivity index (χ3n) is 3.03. The highest BCUT2D eigenvalue weighted by molar-refractivity contribution is 5.90. The largest absolute Gasteiger partial charge is 0.462 e. The van der Waals surface area contributed by atoms with Crippen molar-refractivity contribution in [3.8, 4) is 0 Å². The molecule has 0 atom stereocenters. The molecule has 2 aromatic carbocycles. The maximum absolute atomic E-state index is 11.7. The summed E-state index contributed by atoms with van der Waals surface area (Å²) in [6.45, 7) is 6.53. The number of ether oxygens (including phenoxy) is 1. The topological polar surface area (TPSA) is 26.3 Å². The number of rotatable bonds is 5. The average Bonchev–Trinajstić information content (AvgIpc) is 2.53. The van der Waals surface area contributed by atoms with Crippen LogP contribution in [-0.4, -0.2) is 12.6 Å². The van der Waals surface area contributed by atoms with Gasteiger partial charge in [0.05, 0.1) is 12.2 Å². The summed E-state index contributed by atoms with van der Waals surface area (Å²) in [4.78, 5) is 11.7. The van der Waals surface area contributed by atoms with Gasteiger partial charge in [-0.05, 0) is 35.3 Å². The minimum absolute atomic E-state index is 0.274. The molecule has 2 rings (SSSR count). The lowest BCUT2D eigenvalue weighted by Crippen LogP contribution is -2.05. The first-order chi connectivity index (χ1) is 9.72. The summed E-state index contributed by atoms with van der Waals surface area (Å²) in [7, 11) is 0. The van der Waals surface area contributed by atoms with E-state index >= 15 is 0 Å². The van der Waals surface area contributed by atoms with E-state index in [1.807, 2.05) is 49.4 Å². The van der Waals surface area contributed by atoms with Gasteiger partial charge < -0.3 is 4.74 Å². The zero-order valence-corrected chi connectivity index (χ0v) is 11.6. The van der Waals surface area contributed by atoms with Crippen molar-refractivity contribution in [2.75, 3.05) is 6.61 Å². The van der Waals surface area contributed by atoms with Gasteiger partial charge in [-0.3, -0.25) is 0 Å². The van der Waals surface area contributed by atoms with Crippen LogP contribution >= 0.6 is 0 Å². The Morgan fingerprint density at radius 3 is 2.10 bits per heavy atom. The number of carbonyl (C=O) groups excluding carboxylic acids is 1. The van der Waals surface area contributed by atoms with Gasteiger partial charge in [0, 0.05) is 0 Å². The third kappa shape index (κ3) is 3.35. The molecule has 0 spiro atoms. The summed E-state index contributed by atoms with van der Waals surface area (Å²) in [5, 5.41) is 0. The van der Waals surface area contributed by atoms with Crippen LogP contribution in [0.15, 0.2) is 61.2 Å². The van der Waals surface area contributed by atoms with Crippen molar-refractivity contribution in [3.63, 3.8) is 0 Å². The Morgan fingerprint density at radius 1 is 0.950 bits per heavy atom. The first-order valence-electron chi connectivity index (χ1n) is 6.74. The summed E-state index contributed by atoms with van der Waals surface area (Å²) < 4.78 is 5.10. The van der Waals surface area contributed by atoms with Crippen molar-refractivity contribution in [3.05, 3.63) is 77.9 Å². The van der Waals surface area contributed by atoms with Crippen LogP contribution in [0, 0.1) is 0 Å². The second kappa shape index (κ2) is 6.71. The van der Waals surface area contributed by atoms with Crippen molar-refractivity contribution in [2.24, 2.45) is 0 Å². The molecular formula is C18H18O2. The van der Waals surface area contributed by atoms with Crippen molar-refractivity contribution in [1.29, 1.82) is 0 Å². The fourth-order valence-corrected chi connectivity index (χ4v) is 1.89. The molecule has 0 bridgehead atoms. The second-order valence-electron chi connectivity index (χ2n) is 4.56. The highest BCUT2D eigenvalue weighted by Gasteiger charge is 2.07. The lowest BCUT2D eigenvalue weighted by atomic mass is 9.99. The lowest BCUT2D eigenvalue weighted by molar-refractivity contribution is 0.0505. The lowest BCUT2D eigenvalue weighted by Gasteiger charge is -2.07. The van der Waals surface area contributed by atoms with Crippen LogP contribution in [0.5, 0.6) is 0 Å². The molecule has 20 heavy (non-hydrogen) atoms. The first-order valence-corrected chi connectivity index (χ1v) is 6.74. The highest BCUT2D eigenvalue weighted by Crippen LogP contribution is 2.21. The van der Waals surface area contributed by atoms with E-state index in [9.17, 15) is 4.79 Å². The summed E-state index contributed by atoms with van der Waals surface area (Å²) in [5.41, 5.74) is 3.60. The molecule has 0 unspecified atom stereocenters. The number of hydrogen-bond acceptors (Lipinski definition) is 2. The van der Waals surface area contributed by atoms with Crippen molar-refractivity contribution in [2.45, 2.75) is 13.3 Å². The number of esters is 1. The second-order valence-corrected chi connectivity index (χ2v) is 4.56. The molecular weight excluding hydrogens is 248 g/mol. The molecule has 2 nitrogen and oxygen atoms in total. The SMILES string of the molecule is C=C(c1ccccc1)c1ccc(C(=O)OCCC)cc1. The van der Waals surface area contributed by atoms with Crippen LogP contribution in [0.4, 0.5) is 0 Å². The van der Waals surface area contributed by atoms with Gasteiger partial charge in [-0.1, -0.05) is 56.0 Å². The van der Waals surface area contributed by atoms with E-state index in [-0.39, 0.29) is 5.97 Å². The minimum atomic E-state index is -0.274. The molecule has 0 aliphatic rings. The number of hydrogen-bond donors (Lipinski definition) is 0. The Morgan fingerprint density at radius 2 is 1.50 bits per heavy atom.